The van der Waals surface area contributed by atoms with Gasteiger partial charge in [-0.15, -0.1) is 0 Å². The third-order valence-corrected chi connectivity index (χ3v) is 3.79. The molecule has 25 heavy (non-hydrogen) atoms. The van der Waals surface area contributed by atoms with E-state index in [4.69, 9.17) is 4.74 Å². The van der Waals surface area contributed by atoms with Gasteiger partial charge in [0.25, 0.3) is 5.91 Å². The number of benzene rings is 2. The smallest absolute Gasteiger partial charge is 0.272 e. The number of nitrogens with one attached hydrogen (secondary N) is 3. The van der Waals surface area contributed by atoms with E-state index in [9.17, 15) is 9.59 Å². The van der Waals surface area contributed by atoms with E-state index in [0.717, 1.165) is 16.5 Å². The fraction of sp³-hybridized carbons (Fsp3) is 0.158. The number of methoxy groups -OCH3 is 1. The molecule has 0 aliphatic carbocycles. The van der Waals surface area contributed by atoms with Crippen molar-refractivity contribution >= 4 is 34.1 Å². The topological polar surface area (TPSA) is 83.2 Å². The quantitative estimate of drug-likeness (QED) is 0.679. The Labute approximate surface area is 145 Å². The standard InChI is InChI=1S/C19H19N3O3/c1-11-4-5-13-9-17(22-15(13)8-11)19(24)21-14-6-7-18(25-3)16(10-14)20-12(2)23/h4-10,22H,1-3H3,(H,20,23)(H,21,24). The molecule has 3 rings (SSSR count). The highest BCUT2D eigenvalue weighted by molar-refractivity contribution is 6.06. The van der Waals surface area contributed by atoms with Crippen LogP contribution in [-0.2, 0) is 4.79 Å². The highest BCUT2D eigenvalue weighted by Crippen LogP contribution is 2.28. The lowest BCUT2D eigenvalue weighted by Gasteiger charge is -2.11. The van der Waals surface area contributed by atoms with Gasteiger partial charge in [0.2, 0.25) is 5.91 Å². The van der Waals surface area contributed by atoms with E-state index in [1.807, 2.05) is 31.2 Å². The van der Waals surface area contributed by atoms with Gasteiger partial charge in [-0.2, -0.15) is 0 Å². The second-order valence-electron chi connectivity index (χ2n) is 5.82. The van der Waals surface area contributed by atoms with Crippen LogP contribution in [0.4, 0.5) is 11.4 Å². The third-order valence-electron chi connectivity index (χ3n) is 3.79. The van der Waals surface area contributed by atoms with Crippen molar-refractivity contribution in [1.29, 1.82) is 0 Å². The van der Waals surface area contributed by atoms with Crippen molar-refractivity contribution < 1.29 is 14.3 Å². The second kappa shape index (κ2) is 6.68. The van der Waals surface area contributed by atoms with Gasteiger partial charge >= 0.3 is 0 Å². The minimum absolute atomic E-state index is 0.215. The molecule has 0 bridgehead atoms. The van der Waals surface area contributed by atoms with Gasteiger partial charge < -0.3 is 20.4 Å². The number of fused-ring (bicyclic) bond motifs is 1. The molecule has 0 radical (unpaired) electrons. The minimum Gasteiger partial charge on any atom is -0.495 e. The second-order valence-corrected chi connectivity index (χ2v) is 5.82. The zero-order chi connectivity index (χ0) is 18.0. The molecule has 1 heterocycles. The van der Waals surface area contributed by atoms with Gasteiger partial charge in [-0.3, -0.25) is 9.59 Å². The molecule has 0 atom stereocenters. The van der Waals surface area contributed by atoms with E-state index in [2.05, 4.69) is 15.6 Å². The van der Waals surface area contributed by atoms with Crippen molar-refractivity contribution in [2.45, 2.75) is 13.8 Å². The number of carbonyl (C=O) groups excluding carboxylic acids is 2. The predicted octanol–water partition coefficient (Wildman–Crippen LogP) is 3.70. The van der Waals surface area contributed by atoms with Gasteiger partial charge in [-0.25, -0.2) is 0 Å². The van der Waals surface area contributed by atoms with E-state index in [0.29, 0.717) is 22.8 Å². The maximum absolute atomic E-state index is 12.5. The van der Waals surface area contributed by atoms with Crippen LogP contribution >= 0.6 is 0 Å². The van der Waals surface area contributed by atoms with Crippen LogP contribution in [-0.4, -0.2) is 23.9 Å². The van der Waals surface area contributed by atoms with E-state index in [-0.39, 0.29) is 11.8 Å². The molecule has 0 spiro atoms. The van der Waals surface area contributed by atoms with Gasteiger partial charge in [0, 0.05) is 23.5 Å². The average molecular weight is 337 g/mol. The molecule has 2 aromatic carbocycles. The fourth-order valence-corrected chi connectivity index (χ4v) is 2.63. The summed E-state index contributed by atoms with van der Waals surface area (Å²) in [5.41, 5.74) is 3.57. The molecular formula is C19H19N3O3. The Morgan fingerprint density at radius 3 is 2.56 bits per heavy atom. The molecule has 6 nitrogen and oxygen atoms in total. The van der Waals surface area contributed by atoms with Crippen LogP contribution in [0.2, 0.25) is 0 Å². The first-order chi connectivity index (χ1) is 12.0. The van der Waals surface area contributed by atoms with Crippen LogP contribution in [0, 0.1) is 6.92 Å². The first-order valence-corrected chi connectivity index (χ1v) is 7.82. The van der Waals surface area contributed by atoms with Gasteiger partial charge in [0.15, 0.2) is 0 Å². The van der Waals surface area contributed by atoms with Gasteiger partial charge in [0.05, 0.1) is 12.8 Å². The van der Waals surface area contributed by atoms with Crippen LogP contribution < -0.4 is 15.4 Å². The summed E-state index contributed by atoms with van der Waals surface area (Å²) in [6.07, 6.45) is 0. The summed E-state index contributed by atoms with van der Waals surface area (Å²) in [5.74, 6) is 0.0508. The first kappa shape index (κ1) is 16.6. The molecule has 128 valence electrons. The minimum atomic E-state index is -0.257. The lowest BCUT2D eigenvalue weighted by Crippen LogP contribution is -2.13. The maximum atomic E-state index is 12.5. The summed E-state index contributed by atoms with van der Waals surface area (Å²) in [6, 6.07) is 12.8. The maximum Gasteiger partial charge on any atom is 0.272 e. The number of hydrogen-bond acceptors (Lipinski definition) is 3. The molecule has 3 N–H and O–H groups in total. The zero-order valence-electron chi connectivity index (χ0n) is 14.3. The van der Waals surface area contributed by atoms with Crippen LogP contribution in [0.25, 0.3) is 10.9 Å². The van der Waals surface area contributed by atoms with Crippen LogP contribution in [0.15, 0.2) is 42.5 Å². The molecule has 0 unspecified atom stereocenters. The van der Waals surface area contributed by atoms with Crippen molar-refractivity contribution in [2.24, 2.45) is 0 Å². The molecule has 0 saturated carbocycles. The van der Waals surface area contributed by atoms with Gasteiger partial charge in [0.1, 0.15) is 11.4 Å². The van der Waals surface area contributed by atoms with Crippen molar-refractivity contribution in [3.8, 4) is 5.75 Å². The highest BCUT2D eigenvalue weighted by atomic mass is 16.5. The Bertz CT molecular complexity index is 960. The largest absolute Gasteiger partial charge is 0.495 e. The molecule has 2 amide bonds. The Morgan fingerprint density at radius 1 is 1.04 bits per heavy atom. The number of ether oxygens (including phenoxy) is 1. The molecule has 6 heteroatoms. The summed E-state index contributed by atoms with van der Waals surface area (Å²) in [4.78, 5) is 26.9. The molecule has 0 aliphatic heterocycles. The van der Waals surface area contributed by atoms with Crippen molar-refractivity contribution in [2.75, 3.05) is 17.7 Å². The average Bonchev–Trinajstić information content (AvgIpc) is 2.98. The van der Waals surface area contributed by atoms with E-state index in [1.54, 1.807) is 18.2 Å². The highest BCUT2D eigenvalue weighted by Gasteiger charge is 2.12. The van der Waals surface area contributed by atoms with Crippen molar-refractivity contribution in [3.63, 3.8) is 0 Å². The number of rotatable bonds is 4. The first-order valence-electron chi connectivity index (χ1n) is 7.82. The molecule has 0 fully saturated rings. The number of amides is 2. The molecule has 0 saturated heterocycles. The number of carbonyl (C=O) groups is 2. The summed E-state index contributed by atoms with van der Waals surface area (Å²) in [6.45, 7) is 3.41. The van der Waals surface area contributed by atoms with Crippen molar-refractivity contribution in [3.05, 3.63) is 53.7 Å². The lowest BCUT2D eigenvalue weighted by molar-refractivity contribution is -0.114. The number of aryl methyl sites for hydroxylation is 1. The van der Waals surface area contributed by atoms with Crippen LogP contribution in [0.5, 0.6) is 5.75 Å². The summed E-state index contributed by atoms with van der Waals surface area (Å²) < 4.78 is 5.21. The summed E-state index contributed by atoms with van der Waals surface area (Å²) >= 11 is 0. The van der Waals surface area contributed by atoms with Crippen molar-refractivity contribution in [1.82, 2.24) is 4.98 Å². The van der Waals surface area contributed by atoms with Crippen LogP contribution in [0.3, 0.4) is 0 Å². The lowest BCUT2D eigenvalue weighted by atomic mass is 10.2. The third kappa shape index (κ3) is 3.63. The molecule has 0 aliphatic rings. The monoisotopic (exact) mass is 337 g/mol. The number of aromatic nitrogens is 1. The molecule has 1 aromatic heterocycles. The van der Waals surface area contributed by atoms with E-state index in [1.165, 1.54) is 14.0 Å². The number of aromatic amines is 1. The Balaban J connectivity index is 1.85. The Hall–Kier alpha value is -3.28. The van der Waals surface area contributed by atoms with Crippen LogP contribution in [0.1, 0.15) is 23.0 Å². The fourth-order valence-electron chi connectivity index (χ4n) is 2.63. The van der Waals surface area contributed by atoms with Gasteiger partial charge in [-0.05, 0) is 42.8 Å². The SMILES string of the molecule is COc1ccc(NC(=O)c2cc3ccc(C)cc3[nH]2)cc1NC(C)=O. The number of anilines is 2. The number of hydrogen-bond donors (Lipinski definition) is 3. The summed E-state index contributed by atoms with van der Waals surface area (Å²) in [5, 5.41) is 6.48. The number of H-pyrrole nitrogens is 1. The Kier molecular flexibility index (Phi) is 4.43. The van der Waals surface area contributed by atoms with E-state index >= 15 is 0 Å². The molecular weight excluding hydrogens is 318 g/mol. The predicted molar refractivity (Wildman–Crippen MR) is 98.3 cm³/mol. The normalized spacial score (nSPS) is 10.5. The van der Waals surface area contributed by atoms with Gasteiger partial charge in [-0.1, -0.05) is 12.1 Å². The molecule has 3 aromatic rings. The Morgan fingerprint density at radius 2 is 1.84 bits per heavy atom. The van der Waals surface area contributed by atoms with E-state index < -0.39 is 0 Å². The summed E-state index contributed by atoms with van der Waals surface area (Å²) in [7, 11) is 1.52. The zero-order valence-corrected chi connectivity index (χ0v) is 14.3.